The van der Waals surface area contributed by atoms with Gasteiger partial charge in [-0.25, -0.2) is 0 Å². The maximum Gasteiger partial charge on any atom is 0.298 e. The number of rotatable bonds is 4. The van der Waals surface area contributed by atoms with Crippen molar-refractivity contribution in [3.8, 4) is 11.5 Å². The highest BCUT2D eigenvalue weighted by atomic mass is 16.5. The van der Waals surface area contributed by atoms with Gasteiger partial charge in [-0.2, -0.15) is 0 Å². The van der Waals surface area contributed by atoms with Gasteiger partial charge in [-0.05, 0) is 17.7 Å². The summed E-state index contributed by atoms with van der Waals surface area (Å²) in [6, 6.07) is 4.21. The summed E-state index contributed by atoms with van der Waals surface area (Å²) in [6.45, 7) is 0.279. The van der Waals surface area contributed by atoms with Gasteiger partial charge < -0.3 is 20.7 Å². The predicted octanol–water partition coefficient (Wildman–Crippen LogP) is -0.0805. The quantitative estimate of drug-likeness (QED) is 0.587. The number of hydrogen-bond acceptors (Lipinski definition) is 5. The second kappa shape index (κ2) is 4.59. The number of hydrogen-bond donors (Lipinski definition) is 3. The zero-order valence-electron chi connectivity index (χ0n) is 7.38. The van der Waals surface area contributed by atoms with Crippen molar-refractivity contribution in [2.75, 3.05) is 6.54 Å². The van der Waals surface area contributed by atoms with Crippen LogP contribution in [0, 0.1) is 0 Å². The van der Waals surface area contributed by atoms with Crippen molar-refractivity contribution in [1.29, 1.82) is 0 Å². The van der Waals surface area contributed by atoms with Gasteiger partial charge in [-0.15, -0.1) is 0 Å². The number of ether oxygens (including phenoxy) is 1. The fourth-order valence-corrected chi connectivity index (χ4v) is 1.03. The second-order valence-electron chi connectivity index (χ2n) is 2.69. The van der Waals surface area contributed by atoms with Crippen LogP contribution in [0.4, 0.5) is 0 Å². The molecule has 0 bridgehead atoms. The standard InChI is InChI=1S/C9H11NO4/c10-4-8(13)6-1-2-9(14-5-11)7(12)3-6/h1-3,5,8,12-13H,4,10H2. The maximum absolute atomic E-state index is 10.00. The van der Waals surface area contributed by atoms with Crippen LogP contribution in [0.1, 0.15) is 11.7 Å². The largest absolute Gasteiger partial charge is 0.504 e. The van der Waals surface area contributed by atoms with Gasteiger partial charge in [0.05, 0.1) is 6.10 Å². The van der Waals surface area contributed by atoms with E-state index in [9.17, 15) is 15.0 Å². The van der Waals surface area contributed by atoms with Gasteiger partial charge in [-0.1, -0.05) is 6.07 Å². The Kier molecular flexibility index (Phi) is 3.44. The highest BCUT2D eigenvalue weighted by Gasteiger charge is 2.09. The molecule has 1 atom stereocenters. The summed E-state index contributed by atoms with van der Waals surface area (Å²) < 4.78 is 4.46. The van der Waals surface area contributed by atoms with Crippen LogP contribution in [0.3, 0.4) is 0 Å². The smallest absolute Gasteiger partial charge is 0.298 e. The van der Waals surface area contributed by atoms with Crippen molar-refractivity contribution in [3.05, 3.63) is 23.8 Å². The third kappa shape index (κ3) is 2.21. The van der Waals surface area contributed by atoms with Gasteiger partial charge in [0.1, 0.15) is 0 Å². The summed E-state index contributed by atoms with van der Waals surface area (Å²) in [7, 11) is 0. The van der Waals surface area contributed by atoms with E-state index in [1.165, 1.54) is 18.2 Å². The van der Waals surface area contributed by atoms with E-state index in [0.717, 1.165) is 0 Å². The number of aromatic hydroxyl groups is 1. The Labute approximate surface area is 80.7 Å². The van der Waals surface area contributed by atoms with Crippen molar-refractivity contribution in [2.45, 2.75) is 6.10 Å². The molecule has 0 spiro atoms. The third-order valence-electron chi connectivity index (χ3n) is 1.77. The van der Waals surface area contributed by atoms with Crippen molar-refractivity contribution < 1.29 is 19.7 Å². The Hall–Kier alpha value is -1.59. The second-order valence-corrected chi connectivity index (χ2v) is 2.69. The number of carbonyl (C=O) groups is 1. The SMILES string of the molecule is NCC(O)c1ccc(OC=O)c(O)c1. The molecular formula is C9H11NO4. The fraction of sp³-hybridized carbons (Fsp3) is 0.222. The normalized spacial score (nSPS) is 12.1. The highest BCUT2D eigenvalue weighted by Crippen LogP contribution is 2.28. The topological polar surface area (TPSA) is 92.8 Å². The first-order valence-electron chi connectivity index (χ1n) is 4.00. The van der Waals surface area contributed by atoms with Crippen LogP contribution in [-0.2, 0) is 4.79 Å². The summed E-state index contributed by atoms with van der Waals surface area (Å²) in [4.78, 5) is 10.00. The highest BCUT2D eigenvalue weighted by molar-refractivity contribution is 5.51. The number of aliphatic hydroxyl groups is 1. The summed E-state index contributed by atoms with van der Waals surface area (Å²) in [5.41, 5.74) is 5.71. The first kappa shape index (κ1) is 10.5. The van der Waals surface area contributed by atoms with E-state index in [4.69, 9.17) is 5.73 Å². The number of phenolic OH excluding ortho intramolecular Hbond substituents is 1. The van der Waals surface area contributed by atoms with Gasteiger partial charge in [0.25, 0.3) is 6.47 Å². The predicted molar refractivity (Wildman–Crippen MR) is 48.8 cm³/mol. The molecule has 0 aliphatic carbocycles. The zero-order valence-corrected chi connectivity index (χ0v) is 7.38. The molecule has 5 heteroatoms. The van der Waals surface area contributed by atoms with E-state index in [-0.39, 0.29) is 24.5 Å². The van der Waals surface area contributed by atoms with Crippen molar-refractivity contribution in [2.24, 2.45) is 5.73 Å². The van der Waals surface area contributed by atoms with Crippen molar-refractivity contribution >= 4 is 6.47 Å². The molecule has 0 aliphatic heterocycles. The monoisotopic (exact) mass is 197 g/mol. The molecule has 0 fully saturated rings. The number of nitrogens with two attached hydrogens (primary N) is 1. The minimum Gasteiger partial charge on any atom is -0.504 e. The lowest BCUT2D eigenvalue weighted by Crippen LogP contribution is -2.11. The van der Waals surface area contributed by atoms with Crippen molar-refractivity contribution in [3.63, 3.8) is 0 Å². The Bertz CT molecular complexity index is 327. The summed E-state index contributed by atoms with van der Waals surface area (Å²) in [5, 5.41) is 18.7. The van der Waals surface area contributed by atoms with Crippen LogP contribution < -0.4 is 10.5 Å². The Morgan fingerprint density at radius 2 is 2.29 bits per heavy atom. The molecule has 1 unspecified atom stereocenters. The number of carbonyl (C=O) groups excluding carboxylic acids is 1. The molecule has 0 aromatic heterocycles. The lowest BCUT2D eigenvalue weighted by Gasteiger charge is -2.09. The van der Waals surface area contributed by atoms with Crippen LogP contribution in [0.2, 0.25) is 0 Å². The van der Waals surface area contributed by atoms with E-state index in [1.54, 1.807) is 0 Å². The lowest BCUT2D eigenvalue weighted by molar-refractivity contribution is -0.120. The molecule has 0 aliphatic rings. The van der Waals surface area contributed by atoms with Crippen LogP contribution >= 0.6 is 0 Å². The molecule has 0 saturated carbocycles. The maximum atomic E-state index is 10.00. The minimum atomic E-state index is -0.828. The van der Waals surface area contributed by atoms with Crippen LogP contribution in [0.15, 0.2) is 18.2 Å². The van der Waals surface area contributed by atoms with Gasteiger partial charge in [0.15, 0.2) is 11.5 Å². The fourth-order valence-electron chi connectivity index (χ4n) is 1.03. The van der Waals surface area contributed by atoms with Crippen LogP contribution in [-0.4, -0.2) is 23.2 Å². The molecule has 1 rings (SSSR count). The molecule has 0 amide bonds. The molecule has 1 aromatic rings. The molecule has 0 radical (unpaired) electrons. The van der Waals surface area contributed by atoms with Gasteiger partial charge in [0.2, 0.25) is 0 Å². The summed E-state index contributed by atoms with van der Waals surface area (Å²) in [6.07, 6.45) is -0.828. The molecule has 14 heavy (non-hydrogen) atoms. The molecule has 5 nitrogen and oxygen atoms in total. The Balaban J connectivity index is 2.93. The van der Waals surface area contributed by atoms with Gasteiger partial charge >= 0.3 is 0 Å². The number of aliphatic hydroxyl groups excluding tert-OH is 1. The number of phenols is 1. The molecule has 0 saturated heterocycles. The average molecular weight is 197 g/mol. The summed E-state index contributed by atoms with van der Waals surface area (Å²) >= 11 is 0. The molecule has 1 aromatic carbocycles. The van der Waals surface area contributed by atoms with Crippen molar-refractivity contribution in [1.82, 2.24) is 0 Å². The molecule has 0 heterocycles. The summed E-state index contributed by atoms with van der Waals surface area (Å²) in [5.74, 6) is -0.157. The minimum absolute atomic E-state index is 0.0490. The zero-order chi connectivity index (χ0) is 10.6. The van der Waals surface area contributed by atoms with E-state index in [1.807, 2.05) is 0 Å². The average Bonchev–Trinajstić information content (AvgIpc) is 2.20. The van der Waals surface area contributed by atoms with E-state index < -0.39 is 6.10 Å². The Morgan fingerprint density at radius 3 is 2.79 bits per heavy atom. The van der Waals surface area contributed by atoms with E-state index >= 15 is 0 Å². The first-order valence-corrected chi connectivity index (χ1v) is 4.00. The van der Waals surface area contributed by atoms with Crippen LogP contribution in [0.5, 0.6) is 11.5 Å². The lowest BCUT2D eigenvalue weighted by atomic mass is 10.1. The molecular weight excluding hydrogens is 186 g/mol. The van der Waals surface area contributed by atoms with E-state index in [0.29, 0.717) is 5.56 Å². The first-order chi connectivity index (χ1) is 6.69. The third-order valence-corrected chi connectivity index (χ3v) is 1.77. The van der Waals surface area contributed by atoms with Crippen LogP contribution in [0.25, 0.3) is 0 Å². The molecule has 76 valence electrons. The number of benzene rings is 1. The van der Waals surface area contributed by atoms with Gasteiger partial charge in [0, 0.05) is 6.54 Å². The van der Waals surface area contributed by atoms with Gasteiger partial charge in [-0.3, -0.25) is 4.79 Å². The van der Waals surface area contributed by atoms with E-state index in [2.05, 4.69) is 4.74 Å². The molecule has 4 N–H and O–H groups in total. The Morgan fingerprint density at radius 1 is 1.57 bits per heavy atom.